The molecule has 1 atom stereocenters. The number of hydrogen-bond acceptors (Lipinski definition) is 2. The van der Waals surface area contributed by atoms with E-state index >= 15 is 0 Å². The topological polar surface area (TPSA) is 20.2 Å². The summed E-state index contributed by atoms with van der Waals surface area (Å²) in [5.41, 5.74) is 2.14. The van der Waals surface area contributed by atoms with Gasteiger partial charge in [-0.2, -0.15) is 0 Å². The maximum absolute atomic E-state index is 12.8. The standard InChI is InChI=1S/C17H15FOS/c18-14-7-5-12(6-8-14)9-15(19)10-13-11-20-17-4-2-1-3-16(13)17/h1-8,11,15,19H,9-10H2. The molecule has 0 radical (unpaired) electrons. The first-order valence-corrected chi connectivity index (χ1v) is 7.48. The Hall–Kier alpha value is -1.71. The predicted octanol–water partition coefficient (Wildman–Crippen LogP) is 4.19. The lowest BCUT2D eigenvalue weighted by Gasteiger charge is -2.10. The van der Waals surface area contributed by atoms with Crippen LogP contribution in [0.2, 0.25) is 0 Å². The van der Waals surface area contributed by atoms with Crippen LogP contribution in [0.25, 0.3) is 10.1 Å². The molecule has 1 unspecified atom stereocenters. The van der Waals surface area contributed by atoms with Crippen molar-refractivity contribution in [2.45, 2.75) is 18.9 Å². The van der Waals surface area contributed by atoms with Crippen LogP contribution in [-0.2, 0) is 12.8 Å². The molecule has 1 heterocycles. The van der Waals surface area contributed by atoms with Crippen molar-refractivity contribution in [2.75, 3.05) is 0 Å². The summed E-state index contributed by atoms with van der Waals surface area (Å²) >= 11 is 1.70. The van der Waals surface area contributed by atoms with Crippen molar-refractivity contribution in [3.05, 3.63) is 70.9 Å². The zero-order valence-corrected chi connectivity index (χ0v) is 11.7. The minimum absolute atomic E-state index is 0.243. The Morgan fingerprint density at radius 2 is 1.75 bits per heavy atom. The summed E-state index contributed by atoms with van der Waals surface area (Å²) in [6, 6.07) is 14.5. The average molecular weight is 286 g/mol. The first-order valence-electron chi connectivity index (χ1n) is 6.60. The molecule has 3 rings (SSSR count). The van der Waals surface area contributed by atoms with Crippen molar-refractivity contribution in [1.29, 1.82) is 0 Å². The minimum Gasteiger partial charge on any atom is -0.392 e. The van der Waals surface area contributed by atoms with Crippen molar-refractivity contribution in [3.63, 3.8) is 0 Å². The fourth-order valence-electron chi connectivity index (χ4n) is 2.41. The Bertz CT molecular complexity index is 702. The number of hydrogen-bond donors (Lipinski definition) is 1. The van der Waals surface area contributed by atoms with E-state index in [9.17, 15) is 9.50 Å². The summed E-state index contributed by atoms with van der Waals surface area (Å²) in [5, 5.41) is 13.5. The molecular weight excluding hydrogens is 271 g/mol. The van der Waals surface area contributed by atoms with E-state index in [1.807, 2.05) is 12.1 Å². The molecule has 1 aromatic heterocycles. The van der Waals surface area contributed by atoms with Crippen LogP contribution >= 0.6 is 11.3 Å². The molecule has 0 aliphatic carbocycles. The maximum Gasteiger partial charge on any atom is 0.123 e. The van der Waals surface area contributed by atoms with Crippen molar-refractivity contribution in [2.24, 2.45) is 0 Å². The van der Waals surface area contributed by atoms with E-state index in [-0.39, 0.29) is 5.82 Å². The third kappa shape index (κ3) is 2.89. The van der Waals surface area contributed by atoms with Crippen LogP contribution in [0.1, 0.15) is 11.1 Å². The van der Waals surface area contributed by atoms with Gasteiger partial charge in [0.1, 0.15) is 5.82 Å². The van der Waals surface area contributed by atoms with Crippen molar-refractivity contribution in [1.82, 2.24) is 0 Å². The zero-order chi connectivity index (χ0) is 13.9. The Balaban J connectivity index is 1.72. The first kappa shape index (κ1) is 13.3. The smallest absolute Gasteiger partial charge is 0.123 e. The molecule has 0 saturated carbocycles. The molecule has 3 aromatic rings. The van der Waals surface area contributed by atoms with Crippen LogP contribution < -0.4 is 0 Å². The number of aliphatic hydroxyl groups is 1. The third-order valence-corrected chi connectivity index (χ3v) is 4.41. The van der Waals surface area contributed by atoms with Crippen LogP contribution in [0.3, 0.4) is 0 Å². The van der Waals surface area contributed by atoms with Crippen LogP contribution in [0, 0.1) is 5.82 Å². The van der Waals surface area contributed by atoms with Gasteiger partial charge >= 0.3 is 0 Å². The van der Waals surface area contributed by atoms with E-state index in [0.717, 1.165) is 5.56 Å². The molecule has 0 fully saturated rings. The second-order valence-electron chi connectivity index (χ2n) is 4.95. The van der Waals surface area contributed by atoms with Gasteiger partial charge in [-0.05, 0) is 46.5 Å². The second kappa shape index (κ2) is 5.73. The molecule has 1 N–H and O–H groups in total. The fourth-order valence-corrected chi connectivity index (χ4v) is 3.39. The fraction of sp³-hybridized carbons (Fsp3) is 0.176. The predicted molar refractivity (Wildman–Crippen MR) is 81.6 cm³/mol. The Morgan fingerprint density at radius 1 is 1.00 bits per heavy atom. The molecule has 102 valence electrons. The summed E-state index contributed by atoms with van der Waals surface area (Å²) < 4.78 is 14.1. The zero-order valence-electron chi connectivity index (χ0n) is 10.9. The van der Waals surface area contributed by atoms with E-state index in [4.69, 9.17) is 0 Å². The highest BCUT2D eigenvalue weighted by atomic mass is 32.1. The number of aliphatic hydroxyl groups excluding tert-OH is 1. The van der Waals surface area contributed by atoms with Gasteiger partial charge in [0.2, 0.25) is 0 Å². The van der Waals surface area contributed by atoms with Gasteiger partial charge < -0.3 is 5.11 Å². The van der Waals surface area contributed by atoms with Crippen LogP contribution in [-0.4, -0.2) is 11.2 Å². The lowest BCUT2D eigenvalue weighted by Crippen LogP contribution is -2.13. The van der Waals surface area contributed by atoms with E-state index in [1.165, 1.54) is 27.8 Å². The highest BCUT2D eigenvalue weighted by molar-refractivity contribution is 7.17. The quantitative estimate of drug-likeness (QED) is 0.762. The Kier molecular flexibility index (Phi) is 3.81. The normalized spacial score (nSPS) is 12.7. The van der Waals surface area contributed by atoms with Gasteiger partial charge in [0.25, 0.3) is 0 Å². The SMILES string of the molecule is OC(Cc1ccc(F)cc1)Cc1csc2ccccc12. The molecule has 1 nitrogen and oxygen atoms in total. The van der Waals surface area contributed by atoms with Crippen molar-refractivity contribution >= 4 is 21.4 Å². The van der Waals surface area contributed by atoms with Gasteiger partial charge in [0.05, 0.1) is 6.10 Å². The van der Waals surface area contributed by atoms with E-state index < -0.39 is 6.10 Å². The van der Waals surface area contributed by atoms with E-state index in [2.05, 4.69) is 17.5 Å². The van der Waals surface area contributed by atoms with Crippen molar-refractivity contribution in [3.8, 4) is 0 Å². The van der Waals surface area contributed by atoms with Crippen LogP contribution in [0.4, 0.5) is 4.39 Å². The largest absolute Gasteiger partial charge is 0.392 e. The number of halogens is 1. The maximum atomic E-state index is 12.8. The third-order valence-electron chi connectivity index (χ3n) is 3.40. The van der Waals surface area contributed by atoms with E-state index in [1.54, 1.807) is 23.5 Å². The van der Waals surface area contributed by atoms with Gasteiger partial charge in [-0.15, -0.1) is 11.3 Å². The minimum atomic E-state index is -0.446. The molecule has 0 saturated heterocycles. The van der Waals surface area contributed by atoms with E-state index in [0.29, 0.717) is 12.8 Å². The number of fused-ring (bicyclic) bond motifs is 1. The molecule has 0 amide bonds. The van der Waals surface area contributed by atoms with Gasteiger partial charge in [0.15, 0.2) is 0 Å². The van der Waals surface area contributed by atoms with Crippen LogP contribution in [0.5, 0.6) is 0 Å². The molecule has 2 aromatic carbocycles. The monoisotopic (exact) mass is 286 g/mol. The lowest BCUT2D eigenvalue weighted by molar-refractivity contribution is 0.176. The number of thiophene rings is 1. The average Bonchev–Trinajstić information content (AvgIpc) is 2.85. The van der Waals surface area contributed by atoms with Gasteiger partial charge in [0, 0.05) is 11.1 Å². The summed E-state index contributed by atoms with van der Waals surface area (Å²) in [6.07, 6.45) is 0.727. The van der Waals surface area contributed by atoms with Gasteiger partial charge in [-0.1, -0.05) is 30.3 Å². The Labute approximate surface area is 121 Å². The highest BCUT2D eigenvalue weighted by Gasteiger charge is 2.10. The first-order chi connectivity index (χ1) is 9.72. The van der Waals surface area contributed by atoms with Crippen LogP contribution in [0.15, 0.2) is 53.9 Å². The Morgan fingerprint density at radius 3 is 2.55 bits per heavy atom. The molecule has 0 aliphatic heterocycles. The molecular formula is C17H15FOS. The lowest BCUT2D eigenvalue weighted by atomic mass is 10.0. The van der Waals surface area contributed by atoms with Crippen molar-refractivity contribution < 1.29 is 9.50 Å². The molecule has 0 spiro atoms. The number of benzene rings is 2. The van der Waals surface area contributed by atoms with Gasteiger partial charge in [-0.3, -0.25) is 0 Å². The summed E-state index contributed by atoms with van der Waals surface area (Å²) in [4.78, 5) is 0. The summed E-state index contributed by atoms with van der Waals surface area (Å²) in [5.74, 6) is -0.243. The summed E-state index contributed by atoms with van der Waals surface area (Å²) in [7, 11) is 0. The second-order valence-corrected chi connectivity index (χ2v) is 5.86. The summed E-state index contributed by atoms with van der Waals surface area (Å²) in [6.45, 7) is 0. The van der Waals surface area contributed by atoms with Gasteiger partial charge in [-0.25, -0.2) is 4.39 Å². The molecule has 0 bridgehead atoms. The molecule has 3 heteroatoms. The highest BCUT2D eigenvalue weighted by Crippen LogP contribution is 2.27. The number of rotatable bonds is 4. The molecule has 20 heavy (non-hydrogen) atoms. The molecule has 0 aliphatic rings.